The molecule has 1 saturated heterocycles. The zero-order chi connectivity index (χ0) is 14.5. The maximum Gasteiger partial charge on any atom is 0.231 e. The van der Waals surface area contributed by atoms with Crippen molar-refractivity contribution in [1.29, 1.82) is 0 Å². The summed E-state index contributed by atoms with van der Waals surface area (Å²) in [6.07, 6.45) is 1.83. The van der Waals surface area contributed by atoms with Gasteiger partial charge in [0.15, 0.2) is 11.6 Å². The molecule has 0 atom stereocenters. The van der Waals surface area contributed by atoms with Gasteiger partial charge in [-0.1, -0.05) is 6.07 Å². The van der Waals surface area contributed by atoms with Crippen LogP contribution in [0.15, 0.2) is 18.2 Å². The van der Waals surface area contributed by atoms with Crippen molar-refractivity contribution in [2.75, 3.05) is 19.6 Å². The fourth-order valence-electron chi connectivity index (χ4n) is 2.56. The van der Waals surface area contributed by atoms with Crippen molar-refractivity contribution in [2.24, 2.45) is 5.73 Å². The first-order valence-corrected chi connectivity index (χ1v) is 6.73. The Labute approximate surface area is 116 Å². The molecule has 0 radical (unpaired) electrons. The molecule has 3 N–H and O–H groups in total. The minimum Gasteiger partial charge on any atom is -0.369 e. The molecule has 0 aromatic heterocycles. The molecular weight excluding hydrogens is 264 g/mol. The molecule has 1 aromatic carbocycles. The molecule has 1 aromatic rings. The van der Waals surface area contributed by atoms with Gasteiger partial charge in [0, 0.05) is 12.6 Å². The second-order valence-corrected chi connectivity index (χ2v) is 5.10. The molecule has 20 heavy (non-hydrogen) atoms. The number of benzene rings is 1. The summed E-state index contributed by atoms with van der Waals surface area (Å²) in [5.74, 6) is -2.14. The van der Waals surface area contributed by atoms with Crippen LogP contribution < -0.4 is 11.1 Å². The first-order chi connectivity index (χ1) is 9.56. The first-order valence-electron chi connectivity index (χ1n) is 6.73. The SMILES string of the molecule is NC(=O)CN(Cc1ccc(F)c(F)c1)C1CCNCC1. The third kappa shape index (κ3) is 3.98. The van der Waals surface area contributed by atoms with Crippen LogP contribution >= 0.6 is 0 Å². The normalized spacial score (nSPS) is 16.6. The monoisotopic (exact) mass is 283 g/mol. The maximum atomic E-state index is 13.2. The number of nitrogens with one attached hydrogen (secondary N) is 1. The average Bonchev–Trinajstić information content (AvgIpc) is 2.43. The van der Waals surface area contributed by atoms with Crippen LogP contribution in [0.1, 0.15) is 18.4 Å². The number of carbonyl (C=O) groups excluding carboxylic acids is 1. The highest BCUT2D eigenvalue weighted by Crippen LogP contribution is 2.17. The van der Waals surface area contributed by atoms with Crippen molar-refractivity contribution >= 4 is 5.91 Å². The van der Waals surface area contributed by atoms with Crippen LogP contribution in [0.25, 0.3) is 0 Å². The lowest BCUT2D eigenvalue weighted by Crippen LogP contribution is -2.46. The highest BCUT2D eigenvalue weighted by Gasteiger charge is 2.22. The molecule has 1 fully saturated rings. The van der Waals surface area contributed by atoms with Gasteiger partial charge < -0.3 is 11.1 Å². The number of carbonyl (C=O) groups is 1. The number of rotatable bonds is 5. The summed E-state index contributed by atoms with van der Waals surface area (Å²) >= 11 is 0. The molecule has 1 aliphatic rings. The van der Waals surface area contributed by atoms with E-state index in [0.29, 0.717) is 12.1 Å². The molecule has 1 amide bonds. The van der Waals surface area contributed by atoms with Crippen LogP contribution in [0.3, 0.4) is 0 Å². The van der Waals surface area contributed by atoms with Crippen molar-refractivity contribution in [1.82, 2.24) is 10.2 Å². The Morgan fingerprint density at radius 3 is 2.60 bits per heavy atom. The van der Waals surface area contributed by atoms with E-state index in [1.54, 1.807) is 0 Å². The lowest BCUT2D eigenvalue weighted by Gasteiger charge is -2.33. The summed E-state index contributed by atoms with van der Waals surface area (Å²) in [6, 6.07) is 4.05. The molecule has 4 nitrogen and oxygen atoms in total. The van der Waals surface area contributed by atoms with Crippen molar-refractivity contribution in [3.8, 4) is 0 Å². The largest absolute Gasteiger partial charge is 0.369 e. The minimum absolute atomic E-state index is 0.129. The Morgan fingerprint density at radius 1 is 1.30 bits per heavy atom. The molecule has 110 valence electrons. The predicted molar refractivity (Wildman–Crippen MR) is 71.9 cm³/mol. The van der Waals surface area contributed by atoms with E-state index in [1.807, 2.05) is 4.90 Å². The Kier molecular flexibility index (Phi) is 5.03. The van der Waals surface area contributed by atoms with E-state index in [0.717, 1.165) is 32.0 Å². The number of piperidine rings is 1. The summed E-state index contributed by atoms with van der Waals surface area (Å²) in [6.45, 7) is 2.30. The predicted octanol–water partition coefficient (Wildman–Crippen LogP) is 1.00. The third-order valence-electron chi connectivity index (χ3n) is 3.55. The van der Waals surface area contributed by atoms with Crippen molar-refractivity contribution in [3.63, 3.8) is 0 Å². The summed E-state index contributed by atoms with van der Waals surface area (Å²) in [7, 11) is 0. The van der Waals surface area contributed by atoms with E-state index in [-0.39, 0.29) is 12.6 Å². The van der Waals surface area contributed by atoms with E-state index in [1.165, 1.54) is 12.1 Å². The number of amides is 1. The second kappa shape index (κ2) is 6.76. The highest BCUT2D eigenvalue weighted by molar-refractivity contribution is 5.75. The number of primary amides is 1. The smallest absolute Gasteiger partial charge is 0.231 e. The minimum atomic E-state index is -0.869. The fraction of sp³-hybridized carbons (Fsp3) is 0.500. The van der Waals surface area contributed by atoms with Crippen molar-refractivity contribution < 1.29 is 13.6 Å². The van der Waals surface area contributed by atoms with E-state index >= 15 is 0 Å². The lowest BCUT2D eigenvalue weighted by atomic mass is 10.0. The lowest BCUT2D eigenvalue weighted by molar-refractivity contribution is -0.120. The van der Waals surface area contributed by atoms with Crippen LogP contribution in [0.4, 0.5) is 8.78 Å². The topological polar surface area (TPSA) is 58.4 Å². The summed E-state index contributed by atoms with van der Waals surface area (Å²) in [5, 5.41) is 3.25. The van der Waals surface area contributed by atoms with Gasteiger partial charge in [-0.25, -0.2) is 8.78 Å². The molecule has 0 spiro atoms. The van der Waals surface area contributed by atoms with Gasteiger partial charge in [-0.05, 0) is 43.6 Å². The third-order valence-corrected chi connectivity index (χ3v) is 3.55. The molecule has 6 heteroatoms. The standard InChI is InChI=1S/C14H19F2N3O/c15-12-2-1-10(7-13(12)16)8-19(9-14(17)20)11-3-5-18-6-4-11/h1-2,7,11,18H,3-6,8-9H2,(H2,17,20). The fourth-order valence-corrected chi connectivity index (χ4v) is 2.56. The van der Waals surface area contributed by atoms with Gasteiger partial charge in [0.2, 0.25) is 5.91 Å². The van der Waals surface area contributed by atoms with Gasteiger partial charge in [-0.3, -0.25) is 9.69 Å². The number of nitrogens with two attached hydrogens (primary N) is 1. The molecule has 0 aliphatic carbocycles. The number of hydrogen-bond acceptors (Lipinski definition) is 3. The average molecular weight is 283 g/mol. The highest BCUT2D eigenvalue weighted by atomic mass is 19.2. The van der Waals surface area contributed by atoms with Crippen molar-refractivity contribution in [2.45, 2.75) is 25.4 Å². The summed E-state index contributed by atoms with van der Waals surface area (Å²) < 4.78 is 26.2. The zero-order valence-electron chi connectivity index (χ0n) is 11.2. The molecule has 2 rings (SSSR count). The van der Waals surface area contributed by atoms with Gasteiger partial charge in [-0.15, -0.1) is 0 Å². The molecule has 0 bridgehead atoms. The van der Waals surface area contributed by atoms with Gasteiger partial charge in [0.05, 0.1) is 6.54 Å². The summed E-state index contributed by atoms with van der Waals surface area (Å²) in [5.41, 5.74) is 5.92. The summed E-state index contributed by atoms with van der Waals surface area (Å²) in [4.78, 5) is 13.1. The van der Waals surface area contributed by atoms with Gasteiger partial charge >= 0.3 is 0 Å². The second-order valence-electron chi connectivity index (χ2n) is 5.10. The first kappa shape index (κ1) is 14.9. The van der Waals surface area contributed by atoms with Crippen LogP contribution in [-0.2, 0) is 11.3 Å². The quantitative estimate of drug-likeness (QED) is 0.848. The van der Waals surface area contributed by atoms with Gasteiger partial charge in [0.25, 0.3) is 0 Å². The Hall–Kier alpha value is -1.53. The van der Waals surface area contributed by atoms with E-state index in [2.05, 4.69) is 5.32 Å². The van der Waals surface area contributed by atoms with E-state index in [9.17, 15) is 13.6 Å². The number of halogens is 2. The Bertz CT molecular complexity index is 475. The van der Waals surface area contributed by atoms with Crippen LogP contribution in [0, 0.1) is 11.6 Å². The van der Waals surface area contributed by atoms with Crippen LogP contribution in [0.2, 0.25) is 0 Å². The van der Waals surface area contributed by atoms with Crippen molar-refractivity contribution in [3.05, 3.63) is 35.4 Å². The molecule has 0 unspecified atom stereocenters. The van der Waals surface area contributed by atoms with Crippen LogP contribution in [0.5, 0.6) is 0 Å². The maximum absolute atomic E-state index is 13.2. The van der Waals surface area contributed by atoms with E-state index in [4.69, 9.17) is 5.73 Å². The zero-order valence-corrected chi connectivity index (χ0v) is 11.2. The Morgan fingerprint density at radius 2 is 2.00 bits per heavy atom. The van der Waals surface area contributed by atoms with Crippen LogP contribution in [-0.4, -0.2) is 36.5 Å². The molecule has 0 saturated carbocycles. The Balaban J connectivity index is 2.09. The van der Waals surface area contributed by atoms with E-state index < -0.39 is 17.5 Å². The van der Waals surface area contributed by atoms with Gasteiger partial charge in [-0.2, -0.15) is 0 Å². The number of nitrogens with zero attached hydrogens (tertiary/aromatic N) is 1. The molecule has 1 heterocycles. The molecular formula is C14H19F2N3O. The number of hydrogen-bond donors (Lipinski definition) is 2. The van der Waals surface area contributed by atoms with Gasteiger partial charge in [0.1, 0.15) is 0 Å². The molecule has 1 aliphatic heterocycles.